The summed E-state index contributed by atoms with van der Waals surface area (Å²) >= 11 is 0. The number of benzene rings is 3. The lowest BCUT2D eigenvalue weighted by atomic mass is 9.86. The molecule has 0 heterocycles. The van der Waals surface area contributed by atoms with E-state index in [0.717, 1.165) is 36.8 Å². The van der Waals surface area contributed by atoms with Crippen molar-refractivity contribution in [2.75, 3.05) is 6.61 Å². The summed E-state index contributed by atoms with van der Waals surface area (Å²) in [5.41, 5.74) is 1.95. The van der Waals surface area contributed by atoms with E-state index in [2.05, 4.69) is 6.92 Å². The summed E-state index contributed by atoms with van der Waals surface area (Å²) in [5.74, 6) is -0.687. The highest BCUT2D eigenvalue weighted by Gasteiger charge is 2.63. The van der Waals surface area contributed by atoms with Crippen LogP contribution in [0.2, 0.25) is 0 Å². The van der Waals surface area contributed by atoms with Crippen LogP contribution in [-0.4, -0.2) is 27.5 Å². The molecule has 0 radical (unpaired) electrons. The van der Waals surface area contributed by atoms with Gasteiger partial charge in [-0.1, -0.05) is 105 Å². The summed E-state index contributed by atoms with van der Waals surface area (Å²) in [6.45, 7) is 6.63. The standard InChI is InChI=1S/C34H42O5S2/c1-4-5-6-16-23-39-33(28-17-10-7-11-18-28)32-26-34(25-29(32)24-27(2)3,40(35,36)30-19-12-8-13-20-30)41(37,38)31-21-14-9-15-22-31/h7-15,17-22,24,29,32-33H,4-6,16,23,25-26H2,1-3H3/t29-,32-,33-/m0/s1. The van der Waals surface area contributed by atoms with Gasteiger partial charge in [-0.25, -0.2) is 16.8 Å². The van der Waals surface area contributed by atoms with E-state index < -0.39 is 29.9 Å². The van der Waals surface area contributed by atoms with E-state index >= 15 is 0 Å². The van der Waals surface area contributed by atoms with Crippen LogP contribution in [0.25, 0.3) is 0 Å². The molecule has 41 heavy (non-hydrogen) atoms. The van der Waals surface area contributed by atoms with E-state index in [9.17, 15) is 16.8 Å². The van der Waals surface area contributed by atoms with Crippen LogP contribution in [0.4, 0.5) is 0 Å². The first-order valence-corrected chi connectivity index (χ1v) is 17.5. The first kappa shape index (κ1) is 31.2. The van der Waals surface area contributed by atoms with Crippen LogP contribution < -0.4 is 0 Å². The minimum atomic E-state index is -4.33. The van der Waals surface area contributed by atoms with Gasteiger partial charge in [0.25, 0.3) is 0 Å². The van der Waals surface area contributed by atoms with Gasteiger partial charge < -0.3 is 4.74 Å². The molecule has 1 saturated carbocycles. The summed E-state index contributed by atoms with van der Waals surface area (Å²) in [6.07, 6.45) is 5.68. The highest BCUT2D eigenvalue weighted by molar-refractivity contribution is 8.10. The molecule has 1 fully saturated rings. The Hall–Kier alpha value is -2.74. The fourth-order valence-corrected chi connectivity index (χ4v) is 11.4. The molecular formula is C34H42O5S2. The molecule has 220 valence electrons. The molecule has 7 heteroatoms. The lowest BCUT2D eigenvalue weighted by molar-refractivity contribution is 0.00150. The van der Waals surface area contributed by atoms with Gasteiger partial charge in [-0.05, 0) is 74.8 Å². The summed E-state index contributed by atoms with van der Waals surface area (Å²) in [6, 6.07) is 25.9. The van der Waals surface area contributed by atoms with Gasteiger partial charge in [-0.3, -0.25) is 0 Å². The zero-order chi connectivity index (χ0) is 29.5. The minimum Gasteiger partial charge on any atom is -0.373 e. The van der Waals surface area contributed by atoms with E-state index in [1.807, 2.05) is 50.3 Å². The fourth-order valence-electron chi connectivity index (χ4n) is 6.11. The van der Waals surface area contributed by atoms with Crippen molar-refractivity contribution in [1.29, 1.82) is 0 Å². The summed E-state index contributed by atoms with van der Waals surface area (Å²) in [5, 5.41) is 0. The number of hydrogen-bond acceptors (Lipinski definition) is 5. The molecule has 3 aromatic rings. The molecule has 0 amide bonds. The fraction of sp³-hybridized carbons (Fsp3) is 0.412. The molecule has 3 atom stereocenters. The average molecular weight is 595 g/mol. The topological polar surface area (TPSA) is 77.5 Å². The summed E-state index contributed by atoms with van der Waals surface area (Å²) < 4.78 is 62.9. The maximum absolute atomic E-state index is 14.6. The van der Waals surface area contributed by atoms with Crippen molar-refractivity contribution in [3.63, 3.8) is 0 Å². The molecule has 0 bridgehead atoms. The Morgan fingerprint density at radius 3 is 1.78 bits per heavy atom. The number of hydrogen-bond donors (Lipinski definition) is 0. The molecular weight excluding hydrogens is 553 g/mol. The van der Waals surface area contributed by atoms with E-state index in [-0.39, 0.29) is 34.5 Å². The monoisotopic (exact) mass is 594 g/mol. The van der Waals surface area contributed by atoms with Crippen LogP contribution in [0.15, 0.2) is 112 Å². The van der Waals surface area contributed by atoms with E-state index in [4.69, 9.17) is 4.74 Å². The third-order valence-corrected chi connectivity index (χ3v) is 13.8. The van der Waals surface area contributed by atoms with Crippen LogP contribution in [0, 0.1) is 11.8 Å². The number of ether oxygens (including phenoxy) is 1. The van der Waals surface area contributed by atoms with Crippen molar-refractivity contribution < 1.29 is 21.6 Å². The van der Waals surface area contributed by atoms with Crippen LogP contribution in [0.1, 0.15) is 71.0 Å². The molecule has 3 aromatic carbocycles. The number of sulfone groups is 2. The van der Waals surface area contributed by atoms with Gasteiger partial charge in [-0.15, -0.1) is 0 Å². The predicted molar refractivity (Wildman–Crippen MR) is 165 cm³/mol. The molecule has 1 aliphatic carbocycles. The van der Waals surface area contributed by atoms with Gasteiger partial charge >= 0.3 is 0 Å². The summed E-state index contributed by atoms with van der Waals surface area (Å²) in [7, 11) is -8.66. The van der Waals surface area contributed by atoms with Gasteiger partial charge in [0, 0.05) is 6.61 Å². The molecule has 0 N–H and O–H groups in total. The Bertz CT molecular complexity index is 1430. The third-order valence-electron chi connectivity index (χ3n) is 8.09. The minimum absolute atomic E-state index is 0.0212. The molecule has 1 aliphatic rings. The van der Waals surface area contributed by atoms with Crippen LogP contribution in [-0.2, 0) is 24.4 Å². The van der Waals surface area contributed by atoms with Crippen molar-refractivity contribution in [3.05, 3.63) is 108 Å². The molecule has 0 aliphatic heterocycles. The van der Waals surface area contributed by atoms with Crippen molar-refractivity contribution >= 4 is 19.7 Å². The Morgan fingerprint density at radius 2 is 1.29 bits per heavy atom. The van der Waals surface area contributed by atoms with E-state index in [1.165, 1.54) is 24.3 Å². The lowest BCUT2D eigenvalue weighted by Gasteiger charge is -2.31. The largest absolute Gasteiger partial charge is 0.373 e. The van der Waals surface area contributed by atoms with Crippen LogP contribution in [0.3, 0.4) is 0 Å². The van der Waals surface area contributed by atoms with E-state index in [1.54, 1.807) is 36.4 Å². The Balaban J connectivity index is 1.89. The first-order chi connectivity index (χ1) is 19.6. The Kier molecular flexibility index (Phi) is 10.3. The molecule has 0 unspecified atom stereocenters. The summed E-state index contributed by atoms with van der Waals surface area (Å²) in [4.78, 5) is 0.0423. The van der Waals surface area contributed by atoms with Crippen molar-refractivity contribution in [2.45, 2.75) is 79.3 Å². The average Bonchev–Trinajstić information content (AvgIpc) is 3.37. The Labute approximate surface area is 246 Å². The first-order valence-electron chi connectivity index (χ1n) is 14.5. The zero-order valence-electron chi connectivity index (χ0n) is 24.3. The lowest BCUT2D eigenvalue weighted by Crippen LogP contribution is -2.44. The van der Waals surface area contributed by atoms with Crippen molar-refractivity contribution in [1.82, 2.24) is 0 Å². The third kappa shape index (κ3) is 6.52. The van der Waals surface area contributed by atoms with Crippen LogP contribution in [0.5, 0.6) is 0 Å². The maximum Gasteiger partial charge on any atom is 0.198 e. The number of unbranched alkanes of at least 4 members (excludes halogenated alkanes) is 3. The molecule has 4 rings (SSSR count). The number of rotatable bonds is 13. The smallest absolute Gasteiger partial charge is 0.198 e. The highest BCUT2D eigenvalue weighted by Crippen LogP contribution is 2.56. The SMILES string of the molecule is CCCCCCO[C@@H](c1ccccc1)[C@H]1CC(S(=O)(=O)c2ccccc2)(S(=O)(=O)c2ccccc2)C[C@@H]1C=C(C)C. The second-order valence-electron chi connectivity index (χ2n) is 11.3. The van der Waals surface area contributed by atoms with Crippen molar-refractivity contribution in [2.24, 2.45) is 11.8 Å². The molecule has 5 nitrogen and oxygen atoms in total. The van der Waals surface area contributed by atoms with Gasteiger partial charge in [-0.2, -0.15) is 0 Å². The normalized spacial score (nSPS) is 19.5. The van der Waals surface area contributed by atoms with Gasteiger partial charge in [0.1, 0.15) is 0 Å². The molecule has 0 aromatic heterocycles. The zero-order valence-corrected chi connectivity index (χ0v) is 25.9. The van der Waals surface area contributed by atoms with Gasteiger partial charge in [0.05, 0.1) is 15.9 Å². The van der Waals surface area contributed by atoms with Gasteiger partial charge in [0.15, 0.2) is 23.8 Å². The van der Waals surface area contributed by atoms with E-state index in [0.29, 0.717) is 6.61 Å². The Morgan fingerprint density at radius 1 is 0.780 bits per heavy atom. The van der Waals surface area contributed by atoms with Crippen molar-refractivity contribution in [3.8, 4) is 0 Å². The van der Waals surface area contributed by atoms with Crippen LogP contribution >= 0.6 is 0 Å². The molecule has 0 saturated heterocycles. The molecule has 0 spiro atoms. The van der Waals surface area contributed by atoms with Gasteiger partial charge in [0.2, 0.25) is 0 Å². The maximum atomic E-state index is 14.6. The highest BCUT2D eigenvalue weighted by atomic mass is 32.3. The predicted octanol–water partition coefficient (Wildman–Crippen LogP) is 7.96. The second kappa shape index (κ2) is 13.5. The second-order valence-corrected chi connectivity index (χ2v) is 16.1. The quantitative estimate of drug-likeness (QED) is 0.148. The number of allylic oxidation sites excluding steroid dienone is 2.